The average molecular weight is 180 g/mol. The zero-order chi connectivity index (χ0) is 8.58. The van der Waals surface area contributed by atoms with E-state index in [1.54, 1.807) is 0 Å². The fourth-order valence-corrected chi connectivity index (χ4v) is 0.479. The zero-order valence-electron chi connectivity index (χ0n) is 4.81. The Labute approximate surface area is 55.1 Å². The number of rotatable bonds is 1. The molecule has 0 saturated heterocycles. The summed E-state index contributed by atoms with van der Waals surface area (Å²) in [7, 11) is -5.49. The van der Waals surface area contributed by atoms with E-state index in [4.69, 9.17) is 0 Å². The van der Waals surface area contributed by atoms with Crippen molar-refractivity contribution in [3.8, 4) is 0 Å². The highest BCUT2D eigenvalue weighted by Gasteiger charge is 2.45. The smallest absolute Gasteiger partial charge is 0.194 e. The lowest BCUT2D eigenvalue weighted by molar-refractivity contribution is -0.127. The molecule has 10 heavy (non-hydrogen) atoms. The lowest BCUT2D eigenvalue weighted by Gasteiger charge is -2.09. The van der Waals surface area contributed by atoms with Gasteiger partial charge < -0.3 is 0 Å². The molecular formula is C3H4F4O2S. The molecule has 1 atom stereocenters. The monoisotopic (exact) mass is 180 g/mol. The van der Waals surface area contributed by atoms with Gasteiger partial charge in [0.05, 0.1) is 0 Å². The highest BCUT2D eigenvalue weighted by atomic mass is 32.3. The van der Waals surface area contributed by atoms with Crippen molar-refractivity contribution in [3.05, 3.63) is 0 Å². The molecule has 0 bridgehead atoms. The summed E-state index contributed by atoms with van der Waals surface area (Å²) < 4.78 is 64.7. The largest absolute Gasteiger partial charge is 0.407 e. The Balaban J connectivity index is 4.56. The van der Waals surface area contributed by atoms with Crippen LogP contribution in [0.1, 0.15) is 6.92 Å². The van der Waals surface area contributed by atoms with E-state index in [1.807, 2.05) is 0 Å². The molecule has 0 radical (unpaired) electrons. The second-order valence-corrected chi connectivity index (χ2v) is 3.32. The first-order valence-corrected chi connectivity index (χ1v) is 3.60. The molecule has 0 N–H and O–H groups in total. The maximum absolute atomic E-state index is 11.5. The first kappa shape index (κ1) is 9.67. The molecule has 62 valence electrons. The molecule has 0 spiro atoms. The van der Waals surface area contributed by atoms with E-state index in [2.05, 4.69) is 0 Å². The quantitative estimate of drug-likeness (QED) is 0.449. The van der Waals surface area contributed by atoms with Gasteiger partial charge in [0.2, 0.25) is 0 Å². The summed E-state index contributed by atoms with van der Waals surface area (Å²) in [6.45, 7) is 0.245. The first-order chi connectivity index (χ1) is 4.15. The van der Waals surface area contributed by atoms with Crippen molar-refractivity contribution in [1.82, 2.24) is 0 Å². The fraction of sp³-hybridized carbons (Fsp3) is 1.00. The van der Waals surface area contributed by atoms with Gasteiger partial charge in [-0.1, -0.05) is 0 Å². The van der Waals surface area contributed by atoms with Crippen LogP contribution in [-0.4, -0.2) is 19.8 Å². The van der Waals surface area contributed by atoms with Crippen LogP contribution < -0.4 is 0 Å². The molecule has 0 amide bonds. The van der Waals surface area contributed by atoms with Gasteiger partial charge in [0.1, 0.15) is 0 Å². The summed E-state index contributed by atoms with van der Waals surface area (Å²) in [6, 6.07) is 0. The Kier molecular flexibility index (Phi) is 2.29. The minimum atomic E-state index is -5.49. The predicted octanol–water partition coefficient (Wildman–Crippen LogP) is 1.24. The van der Waals surface area contributed by atoms with Crippen molar-refractivity contribution < 1.29 is 25.5 Å². The van der Waals surface area contributed by atoms with Gasteiger partial charge in [-0.15, -0.1) is 3.89 Å². The van der Waals surface area contributed by atoms with Crippen molar-refractivity contribution in [1.29, 1.82) is 0 Å². The van der Waals surface area contributed by atoms with Crippen molar-refractivity contribution in [2.45, 2.75) is 18.3 Å². The summed E-state index contributed by atoms with van der Waals surface area (Å²) in [5.41, 5.74) is 0. The molecule has 0 aliphatic heterocycles. The molecule has 0 aromatic rings. The third-order valence-corrected chi connectivity index (χ3v) is 2.00. The normalized spacial score (nSPS) is 16.9. The van der Waals surface area contributed by atoms with Gasteiger partial charge in [-0.3, -0.25) is 0 Å². The second kappa shape index (κ2) is 2.37. The Morgan fingerprint density at radius 2 is 1.60 bits per heavy atom. The van der Waals surface area contributed by atoms with E-state index in [1.165, 1.54) is 0 Å². The van der Waals surface area contributed by atoms with Crippen LogP contribution in [0.5, 0.6) is 0 Å². The lowest BCUT2D eigenvalue weighted by Crippen LogP contribution is -2.31. The van der Waals surface area contributed by atoms with Crippen LogP contribution in [0.25, 0.3) is 0 Å². The van der Waals surface area contributed by atoms with Gasteiger partial charge in [0, 0.05) is 0 Å². The average Bonchev–Trinajstić information content (AvgIpc) is 1.59. The van der Waals surface area contributed by atoms with Crippen molar-refractivity contribution in [2.75, 3.05) is 0 Å². The Hall–Kier alpha value is -0.330. The standard InChI is InChI=1S/C3H4F4O2S/c1-2(3(4,5)6)10(7,8)9/h2H,1H3. The number of alkyl halides is 3. The van der Waals surface area contributed by atoms with Crippen LogP contribution >= 0.6 is 0 Å². The van der Waals surface area contributed by atoms with Crippen LogP contribution in [0.3, 0.4) is 0 Å². The Bertz CT molecular complexity index is 203. The van der Waals surface area contributed by atoms with Crippen molar-refractivity contribution >= 4 is 10.2 Å². The Morgan fingerprint density at radius 1 is 1.30 bits per heavy atom. The summed E-state index contributed by atoms with van der Waals surface area (Å²) in [5, 5.41) is -2.93. The topological polar surface area (TPSA) is 34.1 Å². The zero-order valence-corrected chi connectivity index (χ0v) is 5.63. The van der Waals surface area contributed by atoms with E-state index in [0.717, 1.165) is 0 Å². The van der Waals surface area contributed by atoms with E-state index in [-0.39, 0.29) is 6.92 Å². The molecule has 7 heteroatoms. The van der Waals surface area contributed by atoms with Gasteiger partial charge in [-0.05, 0) is 6.92 Å². The van der Waals surface area contributed by atoms with Crippen LogP contribution in [0.15, 0.2) is 0 Å². The van der Waals surface area contributed by atoms with Crippen LogP contribution in [-0.2, 0) is 10.2 Å². The molecule has 1 unspecified atom stereocenters. The van der Waals surface area contributed by atoms with Gasteiger partial charge in [-0.25, -0.2) is 0 Å². The third-order valence-electron chi connectivity index (χ3n) is 0.883. The first-order valence-electron chi connectivity index (χ1n) is 2.16. The lowest BCUT2D eigenvalue weighted by atomic mass is 10.5. The van der Waals surface area contributed by atoms with E-state index in [0.29, 0.717) is 0 Å². The van der Waals surface area contributed by atoms with Gasteiger partial charge in [-0.2, -0.15) is 21.6 Å². The molecule has 0 fully saturated rings. The maximum atomic E-state index is 11.5. The van der Waals surface area contributed by atoms with Crippen molar-refractivity contribution in [3.63, 3.8) is 0 Å². The predicted molar refractivity (Wildman–Crippen MR) is 25.5 cm³/mol. The molecule has 0 rings (SSSR count). The molecule has 0 aromatic heterocycles. The summed E-state index contributed by atoms with van der Waals surface area (Å²) in [5.74, 6) is 0. The van der Waals surface area contributed by atoms with E-state index in [9.17, 15) is 25.5 Å². The summed E-state index contributed by atoms with van der Waals surface area (Å²) >= 11 is 0. The fourth-order valence-electron chi connectivity index (χ4n) is 0.160. The molecule has 2 nitrogen and oxygen atoms in total. The highest BCUT2D eigenvalue weighted by Crippen LogP contribution is 2.26. The molecule has 0 heterocycles. The maximum Gasteiger partial charge on any atom is 0.407 e. The number of hydrogen-bond donors (Lipinski definition) is 0. The molecular weight excluding hydrogens is 176 g/mol. The summed E-state index contributed by atoms with van der Waals surface area (Å²) in [6.07, 6.45) is -5.02. The Morgan fingerprint density at radius 3 is 1.60 bits per heavy atom. The highest BCUT2D eigenvalue weighted by molar-refractivity contribution is 7.87. The summed E-state index contributed by atoms with van der Waals surface area (Å²) in [4.78, 5) is 0. The number of hydrogen-bond acceptors (Lipinski definition) is 2. The minimum absolute atomic E-state index is 0.245. The molecule has 0 saturated carbocycles. The SMILES string of the molecule is CC(C(F)(F)F)S(=O)(=O)F. The van der Waals surface area contributed by atoms with Crippen molar-refractivity contribution in [2.24, 2.45) is 0 Å². The molecule has 0 aliphatic rings. The molecule has 0 aliphatic carbocycles. The van der Waals surface area contributed by atoms with Gasteiger partial charge in [0.15, 0.2) is 5.25 Å². The third kappa shape index (κ3) is 2.51. The van der Waals surface area contributed by atoms with Crippen LogP contribution in [0, 0.1) is 0 Å². The molecule has 0 aromatic carbocycles. The minimum Gasteiger partial charge on any atom is -0.194 e. The van der Waals surface area contributed by atoms with E-state index >= 15 is 0 Å². The van der Waals surface area contributed by atoms with Crippen LogP contribution in [0.2, 0.25) is 0 Å². The van der Waals surface area contributed by atoms with Crippen LogP contribution in [0.4, 0.5) is 17.1 Å². The van der Waals surface area contributed by atoms with Gasteiger partial charge >= 0.3 is 16.4 Å². The van der Waals surface area contributed by atoms with Gasteiger partial charge in [0.25, 0.3) is 0 Å². The number of halogens is 4. The van der Waals surface area contributed by atoms with E-state index < -0.39 is 21.6 Å². The second-order valence-electron chi connectivity index (χ2n) is 1.66.